The third-order valence-electron chi connectivity index (χ3n) is 3.41. The average molecular weight is 398 g/mol. The number of hydrogen-bond acceptors (Lipinski definition) is 4. The van der Waals surface area contributed by atoms with E-state index in [-0.39, 0.29) is 16.5 Å². The van der Waals surface area contributed by atoms with Gasteiger partial charge in [0.15, 0.2) is 0 Å². The van der Waals surface area contributed by atoms with Gasteiger partial charge in [0.2, 0.25) is 5.91 Å². The number of para-hydroxylation sites is 1. The number of amides is 1. The van der Waals surface area contributed by atoms with Gasteiger partial charge in [-0.1, -0.05) is 41.6 Å². The zero-order valence-corrected chi connectivity index (χ0v) is 14.6. The molecule has 3 aromatic rings. The molecule has 0 aliphatic rings. The van der Waals surface area contributed by atoms with Crippen LogP contribution in [0.4, 0.5) is 18.9 Å². The van der Waals surface area contributed by atoms with Crippen molar-refractivity contribution in [3.63, 3.8) is 0 Å². The van der Waals surface area contributed by atoms with Gasteiger partial charge in [-0.3, -0.25) is 4.79 Å². The molecule has 0 aliphatic heterocycles. The molecule has 4 nitrogen and oxygen atoms in total. The zero-order valence-electron chi connectivity index (χ0n) is 13.0. The van der Waals surface area contributed by atoms with E-state index in [0.29, 0.717) is 5.03 Å². The van der Waals surface area contributed by atoms with Crippen molar-refractivity contribution < 1.29 is 18.0 Å². The molecule has 0 radical (unpaired) electrons. The molecule has 2 aromatic carbocycles. The highest BCUT2D eigenvalue weighted by Crippen LogP contribution is 2.36. The van der Waals surface area contributed by atoms with E-state index in [1.165, 1.54) is 12.4 Å². The molecule has 26 heavy (non-hydrogen) atoms. The SMILES string of the molecule is O=C(CSc1ncnc2ccccc12)Nc1ccc(Cl)cc1C(F)(F)F. The Hall–Kier alpha value is -2.32. The normalized spacial score (nSPS) is 11.5. The summed E-state index contributed by atoms with van der Waals surface area (Å²) in [6.07, 6.45) is -3.24. The van der Waals surface area contributed by atoms with Gasteiger partial charge in [0.05, 0.1) is 22.5 Å². The fraction of sp³-hybridized carbons (Fsp3) is 0.118. The molecule has 0 spiro atoms. The van der Waals surface area contributed by atoms with Crippen LogP contribution in [0.3, 0.4) is 0 Å². The minimum absolute atomic E-state index is 0.0582. The van der Waals surface area contributed by atoms with Crippen molar-refractivity contribution in [2.24, 2.45) is 0 Å². The number of fused-ring (bicyclic) bond motifs is 1. The molecule has 1 N–H and O–H groups in total. The molecule has 0 saturated carbocycles. The summed E-state index contributed by atoms with van der Waals surface area (Å²) in [6, 6.07) is 10.5. The molecule has 1 heterocycles. The molecule has 0 unspecified atom stereocenters. The van der Waals surface area contributed by atoms with Gasteiger partial charge in [-0.2, -0.15) is 13.2 Å². The van der Waals surface area contributed by atoms with Crippen LogP contribution in [0.2, 0.25) is 5.02 Å². The van der Waals surface area contributed by atoms with Crippen LogP contribution in [0.5, 0.6) is 0 Å². The van der Waals surface area contributed by atoms with Gasteiger partial charge in [-0.15, -0.1) is 0 Å². The van der Waals surface area contributed by atoms with Gasteiger partial charge in [0.25, 0.3) is 0 Å². The monoisotopic (exact) mass is 397 g/mol. The molecular weight excluding hydrogens is 387 g/mol. The first-order valence-corrected chi connectivity index (χ1v) is 8.70. The Morgan fingerprint density at radius 2 is 1.92 bits per heavy atom. The quantitative estimate of drug-likeness (QED) is 0.495. The van der Waals surface area contributed by atoms with E-state index in [9.17, 15) is 18.0 Å². The van der Waals surface area contributed by atoms with Gasteiger partial charge < -0.3 is 5.32 Å². The Balaban J connectivity index is 1.74. The van der Waals surface area contributed by atoms with Crippen LogP contribution in [0.15, 0.2) is 53.8 Å². The van der Waals surface area contributed by atoms with Gasteiger partial charge >= 0.3 is 6.18 Å². The van der Waals surface area contributed by atoms with Gasteiger partial charge in [0, 0.05) is 10.4 Å². The third-order valence-corrected chi connectivity index (χ3v) is 4.65. The zero-order chi connectivity index (χ0) is 18.7. The number of anilines is 1. The van der Waals surface area contributed by atoms with Gasteiger partial charge in [0.1, 0.15) is 11.4 Å². The highest BCUT2D eigenvalue weighted by atomic mass is 35.5. The molecular formula is C17H11ClF3N3OS. The van der Waals surface area contributed by atoms with Crippen LogP contribution in [-0.4, -0.2) is 21.6 Å². The first kappa shape index (κ1) is 18.5. The molecule has 0 atom stereocenters. The number of carbonyl (C=O) groups excluding carboxylic acids is 1. The number of nitrogens with zero attached hydrogens (tertiary/aromatic N) is 2. The Morgan fingerprint density at radius 3 is 2.69 bits per heavy atom. The van der Waals surface area contributed by atoms with Crippen molar-refractivity contribution in [1.82, 2.24) is 9.97 Å². The first-order valence-electron chi connectivity index (χ1n) is 7.34. The van der Waals surface area contributed by atoms with Crippen LogP contribution in [0.1, 0.15) is 5.56 Å². The summed E-state index contributed by atoms with van der Waals surface area (Å²) < 4.78 is 39.2. The van der Waals surface area contributed by atoms with E-state index in [1.54, 1.807) is 0 Å². The molecule has 134 valence electrons. The minimum Gasteiger partial charge on any atom is -0.325 e. The minimum atomic E-state index is -4.62. The molecule has 0 bridgehead atoms. The predicted molar refractivity (Wildman–Crippen MR) is 95.3 cm³/mol. The number of benzene rings is 2. The standard InChI is InChI=1S/C17H11ClF3N3OS/c18-10-5-6-14(12(7-10)17(19,20)21)24-15(25)8-26-16-11-3-1-2-4-13(11)22-9-23-16/h1-7,9H,8H2,(H,24,25). The Kier molecular flexibility index (Phi) is 5.33. The fourth-order valence-electron chi connectivity index (χ4n) is 2.28. The largest absolute Gasteiger partial charge is 0.418 e. The smallest absolute Gasteiger partial charge is 0.325 e. The van der Waals surface area contributed by atoms with Crippen molar-refractivity contribution in [2.45, 2.75) is 11.2 Å². The topological polar surface area (TPSA) is 54.9 Å². The number of alkyl halides is 3. The maximum Gasteiger partial charge on any atom is 0.418 e. The van der Waals surface area contributed by atoms with E-state index >= 15 is 0 Å². The van der Waals surface area contributed by atoms with E-state index in [1.807, 2.05) is 24.3 Å². The van der Waals surface area contributed by atoms with E-state index in [0.717, 1.165) is 34.8 Å². The fourth-order valence-corrected chi connectivity index (χ4v) is 3.24. The van der Waals surface area contributed by atoms with E-state index < -0.39 is 17.6 Å². The number of carbonyl (C=O) groups is 1. The number of hydrogen-bond donors (Lipinski definition) is 1. The number of halogens is 4. The second-order valence-electron chi connectivity index (χ2n) is 5.22. The third kappa shape index (κ3) is 4.25. The number of thioether (sulfide) groups is 1. The highest BCUT2D eigenvalue weighted by molar-refractivity contribution is 8.00. The van der Waals surface area contributed by atoms with Crippen molar-refractivity contribution in [3.8, 4) is 0 Å². The lowest BCUT2D eigenvalue weighted by Crippen LogP contribution is -2.18. The summed E-state index contributed by atoms with van der Waals surface area (Å²) in [7, 11) is 0. The number of rotatable bonds is 4. The second kappa shape index (κ2) is 7.51. The number of aromatic nitrogens is 2. The summed E-state index contributed by atoms with van der Waals surface area (Å²) >= 11 is 6.75. The van der Waals surface area contributed by atoms with E-state index in [4.69, 9.17) is 11.6 Å². The Labute approximate surface area is 155 Å². The highest BCUT2D eigenvalue weighted by Gasteiger charge is 2.34. The van der Waals surface area contributed by atoms with E-state index in [2.05, 4.69) is 15.3 Å². The van der Waals surface area contributed by atoms with Gasteiger partial charge in [-0.05, 0) is 24.3 Å². The molecule has 1 aromatic heterocycles. The predicted octanol–water partition coefficient (Wildman–Crippen LogP) is 5.03. The molecule has 0 saturated heterocycles. The van der Waals surface area contributed by atoms with Crippen LogP contribution < -0.4 is 5.32 Å². The second-order valence-corrected chi connectivity index (χ2v) is 6.62. The summed E-state index contributed by atoms with van der Waals surface area (Å²) in [5.41, 5.74) is -0.599. The summed E-state index contributed by atoms with van der Waals surface area (Å²) in [6.45, 7) is 0. The van der Waals surface area contributed by atoms with Crippen molar-refractivity contribution in [3.05, 3.63) is 59.4 Å². The van der Waals surface area contributed by atoms with Crippen molar-refractivity contribution in [1.29, 1.82) is 0 Å². The van der Waals surface area contributed by atoms with Crippen LogP contribution >= 0.6 is 23.4 Å². The number of nitrogens with one attached hydrogen (secondary N) is 1. The molecule has 0 aliphatic carbocycles. The lowest BCUT2D eigenvalue weighted by molar-refractivity contribution is -0.137. The average Bonchev–Trinajstić information content (AvgIpc) is 2.60. The molecule has 3 rings (SSSR count). The maximum absolute atomic E-state index is 13.1. The van der Waals surface area contributed by atoms with Crippen LogP contribution in [0, 0.1) is 0 Å². The van der Waals surface area contributed by atoms with Crippen LogP contribution in [-0.2, 0) is 11.0 Å². The molecule has 9 heteroatoms. The molecule has 0 fully saturated rings. The Bertz CT molecular complexity index is 960. The summed E-state index contributed by atoms with van der Waals surface area (Å²) in [5, 5.41) is 3.58. The Morgan fingerprint density at radius 1 is 1.15 bits per heavy atom. The van der Waals surface area contributed by atoms with Crippen molar-refractivity contribution in [2.75, 3.05) is 11.1 Å². The summed E-state index contributed by atoms with van der Waals surface area (Å²) in [5.74, 6) is -0.675. The van der Waals surface area contributed by atoms with Crippen LogP contribution in [0.25, 0.3) is 10.9 Å². The van der Waals surface area contributed by atoms with Gasteiger partial charge in [-0.25, -0.2) is 9.97 Å². The lowest BCUT2D eigenvalue weighted by Gasteiger charge is -2.14. The summed E-state index contributed by atoms with van der Waals surface area (Å²) in [4.78, 5) is 20.4. The molecule has 1 amide bonds. The maximum atomic E-state index is 13.1. The van der Waals surface area contributed by atoms with Crippen molar-refractivity contribution >= 4 is 45.9 Å². The lowest BCUT2D eigenvalue weighted by atomic mass is 10.1. The first-order chi connectivity index (χ1) is 12.3.